The number of benzene rings is 1. The molecule has 0 bridgehead atoms. The van der Waals surface area contributed by atoms with Crippen molar-refractivity contribution in [3.8, 4) is 0 Å². The first kappa shape index (κ1) is 11.9. The third kappa shape index (κ3) is 3.72. The number of ether oxygens (including phenoxy) is 1. The van der Waals surface area contributed by atoms with Crippen LogP contribution in [0.15, 0.2) is 24.3 Å². The predicted molar refractivity (Wildman–Crippen MR) is 68.1 cm³/mol. The van der Waals surface area contributed by atoms with Crippen molar-refractivity contribution in [2.75, 3.05) is 31.6 Å². The van der Waals surface area contributed by atoms with Gasteiger partial charge in [-0.2, -0.15) is 0 Å². The molecule has 92 valence electrons. The number of morpholine rings is 1. The van der Waals surface area contributed by atoms with E-state index < -0.39 is 0 Å². The molecule has 0 saturated carbocycles. The lowest BCUT2D eigenvalue weighted by Crippen LogP contribution is -2.35. The van der Waals surface area contributed by atoms with Gasteiger partial charge in [-0.3, -0.25) is 10.3 Å². The van der Waals surface area contributed by atoms with E-state index in [1.807, 2.05) is 12.1 Å². The van der Waals surface area contributed by atoms with E-state index in [4.69, 9.17) is 15.9 Å². The number of anilines is 1. The van der Waals surface area contributed by atoms with Crippen molar-refractivity contribution in [2.45, 2.75) is 6.54 Å². The average Bonchev–Trinajstić information content (AvgIpc) is 2.32. The summed E-state index contributed by atoms with van der Waals surface area (Å²) in [5.74, 6) is -0.0362. The molecule has 1 heterocycles. The molecule has 2 rings (SSSR count). The van der Waals surface area contributed by atoms with Gasteiger partial charge in [-0.05, 0) is 17.7 Å². The van der Waals surface area contributed by atoms with Crippen molar-refractivity contribution in [1.29, 1.82) is 5.41 Å². The standard InChI is InChI=1S/C12H18N4O/c13-12(14)15-11-3-1-10(2-4-11)9-16-5-7-17-8-6-16/h1-4H,5-9H2,(H4,13,14,15). The molecule has 5 heteroatoms. The average molecular weight is 234 g/mol. The van der Waals surface area contributed by atoms with E-state index >= 15 is 0 Å². The van der Waals surface area contributed by atoms with Crippen molar-refractivity contribution in [3.05, 3.63) is 29.8 Å². The Morgan fingerprint density at radius 2 is 1.94 bits per heavy atom. The zero-order valence-corrected chi connectivity index (χ0v) is 9.78. The molecule has 0 atom stereocenters. The number of guanidine groups is 1. The van der Waals surface area contributed by atoms with Gasteiger partial charge in [0, 0.05) is 25.3 Å². The van der Waals surface area contributed by atoms with Gasteiger partial charge in [0.25, 0.3) is 0 Å². The minimum atomic E-state index is -0.0362. The summed E-state index contributed by atoms with van der Waals surface area (Å²) in [4.78, 5) is 2.37. The van der Waals surface area contributed by atoms with Crippen LogP contribution >= 0.6 is 0 Å². The third-order valence-corrected chi connectivity index (χ3v) is 2.74. The van der Waals surface area contributed by atoms with E-state index in [0.29, 0.717) is 0 Å². The Morgan fingerprint density at radius 1 is 1.29 bits per heavy atom. The summed E-state index contributed by atoms with van der Waals surface area (Å²) in [6.45, 7) is 4.58. The third-order valence-electron chi connectivity index (χ3n) is 2.74. The van der Waals surface area contributed by atoms with Crippen LogP contribution in [0.3, 0.4) is 0 Å². The van der Waals surface area contributed by atoms with Crippen molar-refractivity contribution in [3.63, 3.8) is 0 Å². The van der Waals surface area contributed by atoms with Gasteiger partial charge in [-0.15, -0.1) is 0 Å². The molecule has 0 amide bonds. The second-order valence-electron chi connectivity index (χ2n) is 4.12. The van der Waals surface area contributed by atoms with E-state index in [0.717, 1.165) is 38.5 Å². The highest BCUT2D eigenvalue weighted by atomic mass is 16.5. The van der Waals surface area contributed by atoms with E-state index in [-0.39, 0.29) is 5.96 Å². The van der Waals surface area contributed by atoms with Gasteiger partial charge >= 0.3 is 0 Å². The molecular weight excluding hydrogens is 216 g/mol. The van der Waals surface area contributed by atoms with Gasteiger partial charge in [0.1, 0.15) is 0 Å². The zero-order valence-electron chi connectivity index (χ0n) is 9.78. The molecule has 0 aromatic heterocycles. The molecule has 0 unspecified atom stereocenters. The molecule has 4 N–H and O–H groups in total. The fourth-order valence-electron chi connectivity index (χ4n) is 1.87. The van der Waals surface area contributed by atoms with Crippen molar-refractivity contribution in [1.82, 2.24) is 4.90 Å². The first-order valence-corrected chi connectivity index (χ1v) is 5.74. The molecule has 17 heavy (non-hydrogen) atoms. The number of hydrogen-bond donors (Lipinski definition) is 3. The van der Waals surface area contributed by atoms with Crippen molar-refractivity contribution in [2.24, 2.45) is 5.73 Å². The van der Waals surface area contributed by atoms with E-state index in [1.165, 1.54) is 5.56 Å². The van der Waals surface area contributed by atoms with Gasteiger partial charge in [-0.25, -0.2) is 0 Å². The van der Waals surface area contributed by atoms with Crippen LogP contribution in [0.5, 0.6) is 0 Å². The first-order valence-electron chi connectivity index (χ1n) is 5.74. The topological polar surface area (TPSA) is 74.4 Å². The highest BCUT2D eigenvalue weighted by Crippen LogP contribution is 2.12. The molecule has 0 aliphatic carbocycles. The highest BCUT2D eigenvalue weighted by molar-refractivity contribution is 5.89. The monoisotopic (exact) mass is 234 g/mol. The number of nitrogens with one attached hydrogen (secondary N) is 2. The normalized spacial score (nSPS) is 16.7. The molecule has 1 aliphatic rings. The summed E-state index contributed by atoms with van der Waals surface area (Å²) < 4.78 is 5.31. The minimum absolute atomic E-state index is 0.0362. The zero-order chi connectivity index (χ0) is 12.1. The maximum absolute atomic E-state index is 7.14. The maximum Gasteiger partial charge on any atom is 0.190 e. The van der Waals surface area contributed by atoms with E-state index in [9.17, 15) is 0 Å². The minimum Gasteiger partial charge on any atom is -0.379 e. The van der Waals surface area contributed by atoms with E-state index in [1.54, 1.807) is 0 Å². The molecular formula is C12H18N4O. The Balaban J connectivity index is 1.90. The molecule has 1 fully saturated rings. The summed E-state index contributed by atoms with van der Waals surface area (Å²) in [6, 6.07) is 8.00. The molecule has 1 aromatic carbocycles. The van der Waals surface area contributed by atoms with Gasteiger partial charge in [0.05, 0.1) is 13.2 Å². The lowest BCUT2D eigenvalue weighted by Gasteiger charge is -2.26. The fourth-order valence-corrected chi connectivity index (χ4v) is 1.87. The van der Waals surface area contributed by atoms with Crippen LogP contribution in [-0.4, -0.2) is 37.2 Å². The summed E-state index contributed by atoms with van der Waals surface area (Å²) in [6.07, 6.45) is 0. The van der Waals surface area contributed by atoms with Gasteiger partial charge in [-0.1, -0.05) is 12.1 Å². The van der Waals surface area contributed by atoms with Crippen molar-refractivity contribution < 1.29 is 4.74 Å². The van der Waals surface area contributed by atoms with Crippen LogP contribution in [0, 0.1) is 5.41 Å². The Bertz CT molecular complexity index is 371. The Hall–Kier alpha value is -1.59. The first-order chi connectivity index (χ1) is 8.24. The van der Waals surface area contributed by atoms with Gasteiger partial charge in [0.15, 0.2) is 5.96 Å². The summed E-state index contributed by atoms with van der Waals surface area (Å²) in [5.41, 5.74) is 7.38. The molecule has 5 nitrogen and oxygen atoms in total. The Labute approximate surface area is 101 Å². The predicted octanol–water partition coefficient (Wildman–Crippen LogP) is 0.824. The largest absolute Gasteiger partial charge is 0.379 e. The smallest absolute Gasteiger partial charge is 0.190 e. The molecule has 0 spiro atoms. The van der Waals surface area contributed by atoms with Crippen molar-refractivity contribution >= 4 is 11.6 Å². The van der Waals surface area contributed by atoms with Crippen LogP contribution in [0.1, 0.15) is 5.56 Å². The van der Waals surface area contributed by atoms with Crippen LogP contribution in [0.25, 0.3) is 0 Å². The fraction of sp³-hybridized carbons (Fsp3) is 0.417. The number of rotatable bonds is 3. The highest BCUT2D eigenvalue weighted by Gasteiger charge is 2.10. The van der Waals surface area contributed by atoms with Gasteiger partial charge < -0.3 is 15.8 Å². The summed E-state index contributed by atoms with van der Waals surface area (Å²) in [7, 11) is 0. The number of nitrogens with two attached hydrogens (primary N) is 1. The van der Waals surface area contributed by atoms with E-state index in [2.05, 4.69) is 22.3 Å². The molecule has 1 aliphatic heterocycles. The quantitative estimate of drug-likeness (QED) is 0.535. The molecule has 0 radical (unpaired) electrons. The molecule has 1 aromatic rings. The van der Waals surface area contributed by atoms with Crippen LogP contribution in [0.2, 0.25) is 0 Å². The number of nitrogens with zero attached hydrogens (tertiary/aromatic N) is 1. The number of hydrogen-bond acceptors (Lipinski definition) is 3. The lowest BCUT2D eigenvalue weighted by molar-refractivity contribution is 0.0342. The molecule has 1 saturated heterocycles. The SMILES string of the molecule is N=C(N)Nc1ccc(CN2CCOCC2)cc1. The Morgan fingerprint density at radius 3 is 2.53 bits per heavy atom. The second-order valence-corrected chi connectivity index (χ2v) is 4.12. The second kappa shape index (κ2) is 5.65. The van der Waals surface area contributed by atoms with Crippen LogP contribution in [0.4, 0.5) is 5.69 Å². The Kier molecular flexibility index (Phi) is 3.95. The summed E-state index contributed by atoms with van der Waals surface area (Å²) >= 11 is 0. The lowest BCUT2D eigenvalue weighted by atomic mass is 10.2. The van der Waals surface area contributed by atoms with Crippen LogP contribution in [-0.2, 0) is 11.3 Å². The van der Waals surface area contributed by atoms with Crippen LogP contribution < -0.4 is 11.1 Å². The maximum atomic E-state index is 7.14. The van der Waals surface area contributed by atoms with Gasteiger partial charge in [0.2, 0.25) is 0 Å². The summed E-state index contributed by atoms with van der Waals surface area (Å²) in [5, 5.41) is 9.90.